The Kier molecular flexibility index (Phi) is 11.9. The topological polar surface area (TPSA) is 193 Å². The molecule has 2 atom stereocenters. The van der Waals surface area contributed by atoms with Crippen molar-refractivity contribution >= 4 is 29.4 Å². The molecule has 1 amide bonds. The first kappa shape index (κ1) is 32.2. The first-order valence-corrected chi connectivity index (χ1v) is 13.9. The highest BCUT2D eigenvalue weighted by Crippen LogP contribution is 2.25. The van der Waals surface area contributed by atoms with E-state index in [9.17, 15) is 19.7 Å². The lowest BCUT2D eigenvalue weighted by atomic mass is 10.2. The molecule has 2 aromatic heterocycles. The van der Waals surface area contributed by atoms with Gasteiger partial charge >= 0.3 is 5.97 Å². The van der Waals surface area contributed by atoms with Crippen LogP contribution in [0.2, 0.25) is 5.02 Å². The van der Waals surface area contributed by atoms with Gasteiger partial charge in [-0.1, -0.05) is 17.7 Å². The molecule has 3 heterocycles. The van der Waals surface area contributed by atoms with Crippen molar-refractivity contribution in [2.45, 2.75) is 31.6 Å². The van der Waals surface area contributed by atoms with Crippen LogP contribution in [0.5, 0.6) is 5.75 Å². The lowest BCUT2D eigenvalue weighted by molar-refractivity contribution is -0.758. The highest BCUT2D eigenvalue weighted by Gasteiger charge is 2.28. The Morgan fingerprint density at radius 1 is 1.18 bits per heavy atom. The van der Waals surface area contributed by atoms with E-state index in [1.165, 1.54) is 19.5 Å². The lowest BCUT2D eigenvalue weighted by Gasteiger charge is -2.24. The molecular weight excluding hydrogens is 600 g/mol. The second-order valence-electron chi connectivity index (χ2n) is 9.42. The summed E-state index contributed by atoms with van der Waals surface area (Å²) < 4.78 is 15.5. The Balaban J connectivity index is 1.32. The summed E-state index contributed by atoms with van der Waals surface area (Å²) in [5.74, 6) is 0.270. The molecule has 44 heavy (non-hydrogen) atoms. The minimum atomic E-state index is -0.937. The number of hydrogen-bond donors (Lipinski definition) is 2. The van der Waals surface area contributed by atoms with Crippen molar-refractivity contribution in [1.29, 1.82) is 0 Å². The van der Waals surface area contributed by atoms with Crippen molar-refractivity contribution in [3.63, 3.8) is 0 Å². The number of benzene rings is 1. The monoisotopic (exact) mass is 630 g/mol. The van der Waals surface area contributed by atoms with E-state index in [2.05, 4.69) is 35.4 Å². The number of ether oxygens (including phenoxy) is 3. The third kappa shape index (κ3) is 9.42. The third-order valence-electron chi connectivity index (χ3n) is 6.46. The molecule has 0 spiro atoms. The summed E-state index contributed by atoms with van der Waals surface area (Å²) in [6.45, 7) is 0.333. The number of methoxy groups -OCH3 is 1. The number of rotatable bonds is 16. The van der Waals surface area contributed by atoms with E-state index in [1.54, 1.807) is 30.6 Å². The van der Waals surface area contributed by atoms with Crippen LogP contribution in [-0.2, 0) is 25.7 Å². The van der Waals surface area contributed by atoms with Crippen LogP contribution in [0.25, 0.3) is 0 Å². The van der Waals surface area contributed by atoms with Gasteiger partial charge in [0.2, 0.25) is 5.95 Å². The smallest absolute Gasteiger partial charge is 0.332 e. The fourth-order valence-electron chi connectivity index (χ4n) is 4.34. The van der Waals surface area contributed by atoms with Crippen molar-refractivity contribution in [3.8, 4) is 5.75 Å². The molecule has 2 N–H and O–H groups in total. The molecule has 1 saturated heterocycles. The standard InChI is InChI=1S/C27H31ClN8O8/c1-41-22-6-5-18(12-21(22)28)13-31-25(24-29-7-3-8-30-24)34-26(38)19-14-32-27(33-15-19)35-9-2-4-20(35)16-43-23(37)17-42-10-11-44-36(39)40/h3,5-8,12,14-15,20,25,31H,2,4,9-11,13,16-17H2,1H3,(H,34,38)/t20-,25-/m0/s1. The molecule has 0 bridgehead atoms. The molecule has 0 unspecified atom stereocenters. The van der Waals surface area contributed by atoms with Crippen LogP contribution >= 0.6 is 11.6 Å². The van der Waals surface area contributed by atoms with E-state index in [4.69, 9.17) is 25.8 Å². The van der Waals surface area contributed by atoms with Crippen LogP contribution in [0.15, 0.2) is 49.1 Å². The molecule has 234 valence electrons. The Bertz CT molecular complexity index is 1400. The number of halogens is 1. The molecule has 3 aromatic rings. The number of hydrogen-bond acceptors (Lipinski definition) is 14. The van der Waals surface area contributed by atoms with Gasteiger partial charge in [-0.25, -0.2) is 24.7 Å². The molecule has 17 heteroatoms. The van der Waals surface area contributed by atoms with E-state index in [0.29, 0.717) is 35.6 Å². The predicted molar refractivity (Wildman–Crippen MR) is 154 cm³/mol. The quantitative estimate of drug-likeness (QED) is 0.0765. The summed E-state index contributed by atoms with van der Waals surface area (Å²) in [7, 11) is 1.54. The Morgan fingerprint density at radius 2 is 1.95 bits per heavy atom. The van der Waals surface area contributed by atoms with Gasteiger partial charge in [-0.05, 0) is 36.6 Å². The maximum absolute atomic E-state index is 13.2. The van der Waals surface area contributed by atoms with E-state index >= 15 is 0 Å². The number of aromatic nitrogens is 4. The molecule has 0 radical (unpaired) electrons. The summed E-state index contributed by atoms with van der Waals surface area (Å²) in [6.07, 6.45) is 6.87. The number of carbonyl (C=O) groups is 2. The largest absolute Gasteiger partial charge is 0.495 e. The summed E-state index contributed by atoms with van der Waals surface area (Å²) in [5.41, 5.74) is 1.09. The van der Waals surface area contributed by atoms with Crippen molar-refractivity contribution in [2.24, 2.45) is 0 Å². The highest BCUT2D eigenvalue weighted by atomic mass is 35.5. The average molecular weight is 631 g/mol. The molecule has 1 aliphatic rings. The fraction of sp³-hybridized carbons (Fsp3) is 0.407. The van der Waals surface area contributed by atoms with E-state index in [0.717, 1.165) is 18.4 Å². The van der Waals surface area contributed by atoms with Gasteiger partial charge in [0.05, 0.1) is 30.3 Å². The van der Waals surface area contributed by atoms with Crippen LogP contribution in [0.1, 0.15) is 40.8 Å². The zero-order valence-electron chi connectivity index (χ0n) is 23.8. The summed E-state index contributed by atoms with van der Waals surface area (Å²) in [5, 5.41) is 15.8. The van der Waals surface area contributed by atoms with E-state index in [1.807, 2.05) is 11.0 Å². The predicted octanol–water partition coefficient (Wildman–Crippen LogP) is 1.88. The number of amides is 1. The van der Waals surface area contributed by atoms with Gasteiger partial charge in [-0.2, -0.15) is 0 Å². The average Bonchev–Trinajstić information content (AvgIpc) is 3.51. The Hall–Kier alpha value is -4.67. The highest BCUT2D eigenvalue weighted by molar-refractivity contribution is 6.32. The number of nitrogens with zero attached hydrogens (tertiary/aromatic N) is 6. The minimum Gasteiger partial charge on any atom is -0.495 e. The van der Waals surface area contributed by atoms with E-state index < -0.39 is 23.1 Å². The number of anilines is 1. The van der Waals surface area contributed by atoms with Crippen LogP contribution in [0, 0.1) is 10.1 Å². The van der Waals surface area contributed by atoms with Gasteiger partial charge in [-0.15, -0.1) is 10.1 Å². The zero-order chi connectivity index (χ0) is 31.3. The van der Waals surface area contributed by atoms with Crippen molar-refractivity contribution in [2.75, 3.05) is 45.0 Å². The van der Waals surface area contributed by atoms with Gasteiger partial charge in [0.25, 0.3) is 11.0 Å². The van der Waals surface area contributed by atoms with Crippen LogP contribution in [0.3, 0.4) is 0 Å². The number of nitrogens with one attached hydrogen (secondary N) is 2. The summed E-state index contributed by atoms with van der Waals surface area (Å²) >= 11 is 6.25. The SMILES string of the molecule is COc1ccc(CN[C@@H](NC(=O)c2cnc(N3CCC[C@H]3COC(=O)COCCO[N+](=O)[O-])nc2)c2ncccn2)cc1Cl. The van der Waals surface area contributed by atoms with Gasteiger partial charge < -0.3 is 29.3 Å². The van der Waals surface area contributed by atoms with Crippen molar-refractivity contribution in [3.05, 3.63) is 81.1 Å². The number of carbonyl (C=O) groups excluding carboxylic acids is 2. The zero-order valence-corrected chi connectivity index (χ0v) is 24.5. The second kappa shape index (κ2) is 16.3. The maximum Gasteiger partial charge on any atom is 0.332 e. The van der Waals surface area contributed by atoms with Gasteiger partial charge in [-0.3, -0.25) is 10.1 Å². The van der Waals surface area contributed by atoms with Gasteiger partial charge in [0, 0.05) is 37.9 Å². The number of esters is 1. The van der Waals surface area contributed by atoms with Crippen molar-refractivity contribution in [1.82, 2.24) is 30.6 Å². The first-order chi connectivity index (χ1) is 21.3. The molecule has 16 nitrogen and oxygen atoms in total. The molecule has 1 aliphatic heterocycles. The van der Waals surface area contributed by atoms with Gasteiger partial charge in [0.15, 0.2) is 5.82 Å². The first-order valence-electron chi connectivity index (χ1n) is 13.6. The molecule has 4 rings (SSSR count). The van der Waals surface area contributed by atoms with Gasteiger partial charge in [0.1, 0.15) is 31.7 Å². The second-order valence-corrected chi connectivity index (χ2v) is 9.82. The molecular formula is C27H31ClN8O8. The lowest BCUT2D eigenvalue weighted by Crippen LogP contribution is -2.39. The normalized spacial score (nSPS) is 15.0. The van der Waals surface area contributed by atoms with Crippen molar-refractivity contribution < 1.29 is 33.7 Å². The Labute approximate surface area is 257 Å². The molecule has 0 saturated carbocycles. The fourth-order valence-corrected chi connectivity index (χ4v) is 4.62. The van der Waals surface area contributed by atoms with Crippen LogP contribution in [-0.4, -0.2) is 83.0 Å². The minimum absolute atomic E-state index is 0.0863. The van der Waals surface area contributed by atoms with Crippen LogP contribution in [0.4, 0.5) is 5.95 Å². The maximum atomic E-state index is 13.2. The van der Waals surface area contributed by atoms with E-state index in [-0.39, 0.29) is 38.0 Å². The van der Waals surface area contributed by atoms with Crippen LogP contribution < -0.4 is 20.3 Å². The molecule has 1 aromatic carbocycles. The molecule has 1 fully saturated rings. The Morgan fingerprint density at radius 3 is 2.66 bits per heavy atom. The third-order valence-corrected chi connectivity index (χ3v) is 6.76. The summed E-state index contributed by atoms with van der Waals surface area (Å²) in [6, 6.07) is 6.90. The molecule has 0 aliphatic carbocycles. The summed E-state index contributed by atoms with van der Waals surface area (Å²) in [4.78, 5) is 58.6.